The van der Waals surface area contributed by atoms with Crippen molar-refractivity contribution in [2.24, 2.45) is 12.0 Å². The fourth-order valence-corrected chi connectivity index (χ4v) is 4.44. The molecule has 0 unspecified atom stereocenters. The zero-order valence-corrected chi connectivity index (χ0v) is 23.5. The molecule has 1 fully saturated rings. The van der Waals surface area contributed by atoms with Gasteiger partial charge in [-0.05, 0) is 23.6 Å². The largest absolute Gasteiger partial charge is 0.352 e. The Labute approximate surface area is 217 Å². The zero-order chi connectivity index (χ0) is 23.1. The molecule has 0 bridgehead atoms. The minimum atomic E-state index is 0. The lowest BCUT2D eigenvalue weighted by atomic mass is 10.1. The highest BCUT2D eigenvalue weighted by atomic mass is 127. The van der Waals surface area contributed by atoms with Crippen LogP contribution in [0.15, 0.2) is 35.5 Å². The number of piperazine rings is 1. The van der Waals surface area contributed by atoms with Gasteiger partial charge in [0.1, 0.15) is 0 Å². The van der Waals surface area contributed by atoms with E-state index >= 15 is 0 Å². The topological polar surface area (TPSA) is 51.9 Å². The number of aromatic nitrogens is 2. The number of hydrogen-bond acceptors (Lipinski definition) is 4. The highest BCUT2D eigenvalue weighted by Gasteiger charge is 2.18. The summed E-state index contributed by atoms with van der Waals surface area (Å²) in [7, 11) is 5.93. The lowest BCUT2D eigenvalue weighted by Crippen LogP contribution is -2.45. The van der Waals surface area contributed by atoms with Gasteiger partial charge in [-0.3, -0.25) is 14.6 Å². The maximum Gasteiger partial charge on any atom is 0.193 e. The van der Waals surface area contributed by atoms with E-state index in [0.717, 1.165) is 50.9 Å². The van der Waals surface area contributed by atoms with Gasteiger partial charge in [-0.25, -0.2) is 0 Å². The van der Waals surface area contributed by atoms with Crippen molar-refractivity contribution in [2.75, 3.05) is 46.8 Å². The molecule has 3 rings (SSSR count). The summed E-state index contributed by atoms with van der Waals surface area (Å²) in [5, 5.41) is 8.22. The lowest BCUT2D eigenvalue weighted by Gasteiger charge is -2.34. The Balaban J connectivity index is 0.00000385. The van der Waals surface area contributed by atoms with Crippen LogP contribution in [0, 0.1) is 0 Å². The summed E-state index contributed by atoms with van der Waals surface area (Å²) in [6.07, 6.45) is 2.12. The maximum atomic E-state index is 4.64. The summed E-state index contributed by atoms with van der Waals surface area (Å²) in [5.41, 5.74) is 5.14. The molecule has 1 saturated heterocycles. The van der Waals surface area contributed by atoms with E-state index in [1.165, 1.54) is 29.8 Å². The third kappa shape index (κ3) is 7.68. The van der Waals surface area contributed by atoms with Crippen LogP contribution < -0.4 is 5.32 Å². The van der Waals surface area contributed by atoms with Crippen molar-refractivity contribution < 1.29 is 0 Å². The standard InChI is InChI=1S/C25H41N7.HI/c1-7-31-12-14-32(15-13-31)19-22-11-9-8-10-21(22)16-27-25(26-4)29(5)17-23-18-30(6)28-24(23)20(2)3;/h8-11,18,20H,7,12-17,19H2,1-6H3,(H,26,27);1H. The number of nitrogens with zero attached hydrogens (tertiary/aromatic N) is 6. The van der Waals surface area contributed by atoms with E-state index in [1.807, 2.05) is 18.8 Å². The predicted octanol–water partition coefficient (Wildman–Crippen LogP) is 3.51. The van der Waals surface area contributed by atoms with E-state index in [-0.39, 0.29) is 24.0 Å². The Morgan fingerprint density at radius 1 is 1.09 bits per heavy atom. The number of benzene rings is 1. The van der Waals surface area contributed by atoms with E-state index in [9.17, 15) is 0 Å². The third-order valence-corrected chi connectivity index (χ3v) is 6.33. The number of likely N-dealkylation sites (N-methyl/N-ethyl adjacent to an activating group) is 1. The molecule has 8 heteroatoms. The van der Waals surface area contributed by atoms with Gasteiger partial charge >= 0.3 is 0 Å². The van der Waals surface area contributed by atoms with Crippen LogP contribution in [-0.2, 0) is 26.7 Å². The van der Waals surface area contributed by atoms with Crippen LogP contribution in [0.5, 0.6) is 0 Å². The summed E-state index contributed by atoms with van der Waals surface area (Å²) in [4.78, 5) is 11.8. The first-order valence-corrected chi connectivity index (χ1v) is 11.9. The second-order valence-corrected chi connectivity index (χ2v) is 9.10. The van der Waals surface area contributed by atoms with Gasteiger partial charge in [-0.1, -0.05) is 45.0 Å². The third-order valence-electron chi connectivity index (χ3n) is 6.33. The number of rotatable bonds is 8. The van der Waals surface area contributed by atoms with Crippen molar-refractivity contribution in [2.45, 2.75) is 46.3 Å². The highest BCUT2D eigenvalue weighted by Crippen LogP contribution is 2.19. The molecule has 33 heavy (non-hydrogen) atoms. The Morgan fingerprint density at radius 3 is 2.33 bits per heavy atom. The minimum Gasteiger partial charge on any atom is -0.352 e. The number of halogens is 1. The zero-order valence-electron chi connectivity index (χ0n) is 21.2. The Hall–Kier alpha value is -1.65. The maximum absolute atomic E-state index is 4.64. The van der Waals surface area contributed by atoms with Crippen LogP contribution in [0.2, 0.25) is 0 Å². The molecule has 1 N–H and O–H groups in total. The van der Waals surface area contributed by atoms with Gasteiger partial charge in [-0.2, -0.15) is 5.10 Å². The van der Waals surface area contributed by atoms with Gasteiger partial charge in [0.25, 0.3) is 0 Å². The van der Waals surface area contributed by atoms with Gasteiger partial charge in [0.05, 0.1) is 5.69 Å². The Bertz CT molecular complexity index is 885. The van der Waals surface area contributed by atoms with Gasteiger partial charge in [0.2, 0.25) is 0 Å². The molecule has 0 atom stereocenters. The summed E-state index contributed by atoms with van der Waals surface area (Å²) in [5.74, 6) is 1.30. The molecule has 1 aromatic heterocycles. The second kappa shape index (κ2) is 13.3. The molecular formula is C25H42IN7. The van der Waals surface area contributed by atoms with Crippen LogP contribution in [0.25, 0.3) is 0 Å². The van der Waals surface area contributed by atoms with Gasteiger partial charge in [0.15, 0.2) is 5.96 Å². The molecular weight excluding hydrogens is 525 g/mol. The number of guanidine groups is 1. The number of hydrogen-bond donors (Lipinski definition) is 1. The molecule has 184 valence electrons. The molecule has 2 heterocycles. The minimum absolute atomic E-state index is 0. The predicted molar refractivity (Wildman–Crippen MR) is 148 cm³/mol. The Morgan fingerprint density at radius 2 is 1.73 bits per heavy atom. The van der Waals surface area contributed by atoms with Crippen molar-refractivity contribution in [3.8, 4) is 0 Å². The van der Waals surface area contributed by atoms with E-state index in [0.29, 0.717) is 5.92 Å². The summed E-state index contributed by atoms with van der Waals surface area (Å²) >= 11 is 0. The molecule has 0 spiro atoms. The number of aryl methyl sites for hydroxylation is 1. The average molecular weight is 568 g/mol. The van der Waals surface area contributed by atoms with Crippen LogP contribution in [0.3, 0.4) is 0 Å². The van der Waals surface area contributed by atoms with Crippen LogP contribution >= 0.6 is 24.0 Å². The molecule has 1 aromatic carbocycles. The highest BCUT2D eigenvalue weighted by molar-refractivity contribution is 14.0. The smallest absolute Gasteiger partial charge is 0.193 e. The first-order valence-electron chi connectivity index (χ1n) is 11.9. The average Bonchev–Trinajstić information content (AvgIpc) is 3.16. The summed E-state index contributed by atoms with van der Waals surface area (Å²) in [6.45, 7) is 15.0. The summed E-state index contributed by atoms with van der Waals surface area (Å²) < 4.78 is 1.91. The first-order chi connectivity index (χ1) is 15.4. The van der Waals surface area contributed by atoms with Crippen molar-refractivity contribution in [3.05, 3.63) is 52.8 Å². The van der Waals surface area contributed by atoms with Crippen molar-refractivity contribution in [1.82, 2.24) is 29.8 Å². The van der Waals surface area contributed by atoms with Gasteiger partial charge in [-0.15, -0.1) is 24.0 Å². The second-order valence-electron chi connectivity index (χ2n) is 9.10. The van der Waals surface area contributed by atoms with E-state index in [4.69, 9.17) is 0 Å². The molecule has 0 amide bonds. The van der Waals surface area contributed by atoms with Crippen molar-refractivity contribution in [1.29, 1.82) is 0 Å². The quantitative estimate of drug-likeness (QED) is 0.301. The SMILES string of the molecule is CCN1CCN(Cc2ccccc2CNC(=NC)N(C)Cc2cn(C)nc2C(C)C)CC1.I. The molecule has 1 aliphatic heterocycles. The lowest BCUT2D eigenvalue weighted by molar-refractivity contribution is 0.131. The van der Waals surface area contributed by atoms with Gasteiger partial charge in [0, 0.05) is 78.7 Å². The summed E-state index contributed by atoms with van der Waals surface area (Å²) in [6, 6.07) is 8.78. The first kappa shape index (κ1) is 27.6. The van der Waals surface area contributed by atoms with E-state index in [1.54, 1.807) is 0 Å². The van der Waals surface area contributed by atoms with Crippen LogP contribution in [0.1, 0.15) is 49.1 Å². The van der Waals surface area contributed by atoms with Crippen molar-refractivity contribution in [3.63, 3.8) is 0 Å². The molecule has 0 aliphatic carbocycles. The Kier molecular flexibility index (Phi) is 11.1. The van der Waals surface area contributed by atoms with Crippen LogP contribution in [-0.4, -0.2) is 77.3 Å². The van der Waals surface area contributed by atoms with E-state index < -0.39 is 0 Å². The molecule has 7 nitrogen and oxygen atoms in total. The fraction of sp³-hybridized carbons (Fsp3) is 0.600. The van der Waals surface area contributed by atoms with Crippen LogP contribution in [0.4, 0.5) is 0 Å². The molecule has 1 aliphatic rings. The molecule has 2 aromatic rings. The molecule has 0 saturated carbocycles. The molecule has 0 radical (unpaired) electrons. The monoisotopic (exact) mass is 567 g/mol. The normalized spacial score (nSPS) is 15.5. The van der Waals surface area contributed by atoms with Crippen molar-refractivity contribution >= 4 is 29.9 Å². The van der Waals surface area contributed by atoms with Gasteiger partial charge < -0.3 is 15.1 Å². The van der Waals surface area contributed by atoms with E-state index in [2.05, 4.69) is 88.4 Å². The number of aliphatic imine (C=N–C) groups is 1. The fourth-order valence-electron chi connectivity index (χ4n) is 4.44. The number of nitrogens with one attached hydrogen (secondary N) is 1.